The number of rotatable bonds is 5. The van der Waals surface area contributed by atoms with Gasteiger partial charge in [0.15, 0.2) is 0 Å². The molecule has 134 valence electrons. The van der Waals surface area contributed by atoms with Crippen LogP contribution in [0.4, 0.5) is 5.69 Å². The average Bonchev–Trinajstić information content (AvgIpc) is 2.50. The van der Waals surface area contributed by atoms with Crippen LogP contribution < -0.4 is 9.44 Å². The highest BCUT2D eigenvalue weighted by molar-refractivity contribution is 7.89. The number of allylic oxidation sites excluding steroid dienone is 1. The van der Waals surface area contributed by atoms with Gasteiger partial charge in [-0.2, -0.15) is 0 Å². The number of sulfonamides is 1. The van der Waals surface area contributed by atoms with E-state index < -0.39 is 21.3 Å². The number of nitrogens with two attached hydrogens (primary N) is 1. The lowest BCUT2D eigenvalue weighted by molar-refractivity contribution is 0.535. The average molecular weight is 400 g/mol. The van der Waals surface area contributed by atoms with Gasteiger partial charge in [-0.25, -0.2) is 13.6 Å². The van der Waals surface area contributed by atoms with Gasteiger partial charge in [0.2, 0.25) is 10.0 Å². The van der Waals surface area contributed by atoms with Crippen LogP contribution in [0.1, 0.15) is 18.1 Å². The van der Waals surface area contributed by atoms with E-state index >= 15 is 0 Å². The monoisotopic (exact) mass is 399 g/mol. The summed E-state index contributed by atoms with van der Waals surface area (Å²) in [6.45, 7) is 3.24. The number of benzene rings is 2. The zero-order valence-corrected chi connectivity index (χ0v) is 15.9. The maximum absolute atomic E-state index is 11.9. The van der Waals surface area contributed by atoms with Crippen LogP contribution in [0.2, 0.25) is 5.02 Å². The Morgan fingerprint density at radius 1 is 1.24 bits per heavy atom. The number of hydrogen-bond donors (Lipinski definition) is 1. The lowest BCUT2D eigenvalue weighted by Gasteiger charge is -2.28. The van der Waals surface area contributed by atoms with Gasteiger partial charge in [-0.05, 0) is 55.3 Å². The molecular weight excluding hydrogens is 384 g/mol. The standard InChI is InChI=1S/C16H17ClN2O4S2/c1-11-3-8-15(16(9-11)25(18,22)23)19(24(20)21)12(2)10-13-4-6-14(17)7-5-13/h3-10H,1-2H3,(H,20,21)(H2,18,22,23)/p-1/b12-10-. The van der Waals surface area contributed by atoms with Gasteiger partial charge < -0.3 is 4.55 Å². The first kappa shape index (κ1) is 19.6. The topological polar surface area (TPSA) is 104 Å². The van der Waals surface area contributed by atoms with Gasteiger partial charge in [0.05, 0.1) is 17.0 Å². The van der Waals surface area contributed by atoms with Gasteiger partial charge in [0.25, 0.3) is 0 Å². The number of aryl methyl sites for hydroxylation is 1. The zero-order valence-electron chi connectivity index (χ0n) is 13.5. The van der Waals surface area contributed by atoms with Crippen LogP contribution >= 0.6 is 11.6 Å². The van der Waals surface area contributed by atoms with Gasteiger partial charge in [-0.1, -0.05) is 29.8 Å². The Balaban J connectivity index is 2.59. The molecule has 2 rings (SSSR count). The third kappa shape index (κ3) is 4.90. The molecule has 0 aliphatic rings. The molecule has 25 heavy (non-hydrogen) atoms. The quantitative estimate of drug-likeness (QED) is 0.780. The molecule has 0 saturated carbocycles. The molecule has 0 saturated heterocycles. The summed E-state index contributed by atoms with van der Waals surface area (Å²) in [6.07, 6.45) is 1.60. The molecule has 2 aromatic carbocycles. The predicted molar refractivity (Wildman–Crippen MR) is 99.1 cm³/mol. The highest BCUT2D eigenvalue weighted by atomic mass is 35.5. The molecule has 2 N–H and O–H groups in total. The second-order valence-electron chi connectivity index (χ2n) is 5.36. The molecule has 2 aromatic rings. The molecule has 0 radical (unpaired) electrons. The van der Waals surface area contributed by atoms with Crippen LogP contribution in [-0.2, 0) is 21.3 Å². The van der Waals surface area contributed by atoms with Crippen LogP contribution in [0, 0.1) is 6.92 Å². The summed E-state index contributed by atoms with van der Waals surface area (Å²) in [6, 6.07) is 11.1. The minimum atomic E-state index is -4.11. The van der Waals surface area contributed by atoms with Crippen molar-refractivity contribution in [1.82, 2.24) is 0 Å². The second-order valence-corrected chi connectivity index (χ2v) is 8.13. The molecule has 0 spiro atoms. The number of hydrogen-bond acceptors (Lipinski definition) is 4. The van der Waals surface area contributed by atoms with Gasteiger partial charge in [0.1, 0.15) is 4.90 Å². The molecule has 0 heterocycles. The molecule has 9 heteroatoms. The normalized spacial score (nSPS) is 13.6. The van der Waals surface area contributed by atoms with Gasteiger partial charge in [-0.15, -0.1) is 0 Å². The molecule has 6 nitrogen and oxygen atoms in total. The van der Waals surface area contributed by atoms with Gasteiger partial charge in [0, 0.05) is 10.7 Å². The first-order valence-corrected chi connectivity index (χ1v) is 10.0. The highest BCUT2D eigenvalue weighted by Gasteiger charge is 2.21. The first-order chi connectivity index (χ1) is 11.6. The molecule has 0 aliphatic heterocycles. The highest BCUT2D eigenvalue weighted by Crippen LogP contribution is 2.30. The summed E-state index contributed by atoms with van der Waals surface area (Å²) in [4.78, 5) is -0.263. The lowest BCUT2D eigenvalue weighted by atomic mass is 10.2. The smallest absolute Gasteiger partial charge is 0.240 e. The van der Waals surface area contributed by atoms with Crippen molar-refractivity contribution in [2.24, 2.45) is 5.14 Å². The van der Waals surface area contributed by atoms with E-state index in [9.17, 15) is 17.2 Å². The Morgan fingerprint density at radius 2 is 1.84 bits per heavy atom. The molecule has 0 amide bonds. The first-order valence-electron chi connectivity index (χ1n) is 7.06. The largest absolute Gasteiger partial charge is 0.755 e. The van der Waals surface area contributed by atoms with E-state index in [-0.39, 0.29) is 10.6 Å². The van der Waals surface area contributed by atoms with Crippen LogP contribution in [0.3, 0.4) is 0 Å². The van der Waals surface area contributed by atoms with Crippen molar-refractivity contribution >= 4 is 44.7 Å². The van der Waals surface area contributed by atoms with Crippen molar-refractivity contribution in [3.8, 4) is 0 Å². The summed E-state index contributed by atoms with van der Waals surface area (Å²) in [7, 11) is -4.11. The van der Waals surface area contributed by atoms with Crippen LogP contribution in [0.25, 0.3) is 6.08 Å². The predicted octanol–water partition coefficient (Wildman–Crippen LogP) is 2.96. The SMILES string of the molecule is C/C(=C/c1ccc(Cl)cc1)N(c1ccc(C)cc1S(N)(=O)=O)S(=O)[O-]. The van der Waals surface area contributed by atoms with Crippen molar-refractivity contribution in [2.45, 2.75) is 18.7 Å². The van der Waals surface area contributed by atoms with Gasteiger partial charge in [-0.3, -0.25) is 8.51 Å². The summed E-state index contributed by atoms with van der Waals surface area (Å²) in [5.41, 5.74) is 1.61. The van der Waals surface area contributed by atoms with E-state index in [0.717, 1.165) is 4.31 Å². The van der Waals surface area contributed by atoms with Gasteiger partial charge >= 0.3 is 0 Å². The van der Waals surface area contributed by atoms with Crippen LogP contribution in [-0.4, -0.2) is 17.2 Å². The Kier molecular flexibility index (Phi) is 6.02. The summed E-state index contributed by atoms with van der Waals surface area (Å²) in [5, 5.41) is 5.79. The van der Waals surface area contributed by atoms with Crippen molar-refractivity contribution in [1.29, 1.82) is 0 Å². The summed E-state index contributed by atoms with van der Waals surface area (Å²) >= 11 is 3.09. The molecule has 1 unspecified atom stereocenters. The van der Waals surface area contributed by atoms with E-state index in [1.54, 1.807) is 50.3 Å². The maximum atomic E-state index is 11.9. The third-order valence-corrected chi connectivity index (χ3v) is 5.33. The summed E-state index contributed by atoms with van der Waals surface area (Å²) in [5.74, 6) is 0. The van der Waals surface area contributed by atoms with Crippen molar-refractivity contribution in [3.05, 3.63) is 64.3 Å². The lowest BCUT2D eigenvalue weighted by Crippen LogP contribution is -2.26. The van der Waals surface area contributed by atoms with Crippen LogP contribution in [0.15, 0.2) is 53.1 Å². The third-order valence-electron chi connectivity index (χ3n) is 3.36. The fourth-order valence-corrected chi connectivity index (χ4v) is 3.86. The number of anilines is 1. The molecule has 1 atom stereocenters. The van der Waals surface area contributed by atoms with Crippen LogP contribution in [0.5, 0.6) is 0 Å². The van der Waals surface area contributed by atoms with E-state index in [2.05, 4.69) is 0 Å². The van der Waals surface area contributed by atoms with E-state index in [4.69, 9.17) is 16.7 Å². The Bertz CT molecular complexity index is 941. The molecule has 0 fully saturated rings. The second kappa shape index (κ2) is 7.67. The number of halogens is 1. The molecule has 0 aromatic heterocycles. The fourth-order valence-electron chi connectivity index (χ4n) is 2.26. The Labute approximate surface area is 154 Å². The summed E-state index contributed by atoms with van der Waals surface area (Å²) < 4.78 is 48.2. The van der Waals surface area contributed by atoms with Crippen molar-refractivity contribution in [2.75, 3.05) is 4.31 Å². The zero-order chi connectivity index (χ0) is 18.8. The molecule has 0 bridgehead atoms. The number of nitrogens with zero attached hydrogens (tertiary/aromatic N) is 1. The fraction of sp³-hybridized carbons (Fsp3) is 0.125. The number of primary sulfonamides is 1. The maximum Gasteiger partial charge on any atom is 0.240 e. The molecule has 0 aliphatic carbocycles. The van der Waals surface area contributed by atoms with Crippen molar-refractivity contribution < 1.29 is 17.2 Å². The molecular formula is C16H16ClN2O4S2-. The Morgan fingerprint density at radius 3 is 2.36 bits per heavy atom. The minimum Gasteiger partial charge on any atom is -0.755 e. The van der Waals surface area contributed by atoms with E-state index in [1.807, 2.05) is 0 Å². The van der Waals surface area contributed by atoms with E-state index in [0.29, 0.717) is 21.8 Å². The Hall–Kier alpha value is -1.71. The minimum absolute atomic E-state index is 0.0378. The van der Waals surface area contributed by atoms with E-state index in [1.165, 1.54) is 12.1 Å². The van der Waals surface area contributed by atoms with Crippen molar-refractivity contribution in [3.63, 3.8) is 0 Å².